The zero-order valence-corrected chi connectivity index (χ0v) is 17.8. The molecule has 2 aliphatic rings. The number of aromatic carboxylic acids is 1. The van der Waals surface area contributed by atoms with Crippen LogP contribution < -0.4 is 0 Å². The number of aryl methyl sites for hydroxylation is 2. The van der Waals surface area contributed by atoms with Crippen molar-refractivity contribution in [2.75, 3.05) is 19.7 Å². The fraction of sp³-hybridized carbons (Fsp3) is 0.391. The van der Waals surface area contributed by atoms with Crippen LogP contribution in [-0.2, 0) is 16.8 Å². The number of hydrogen-bond acceptors (Lipinski definition) is 5. The largest absolute Gasteiger partial charge is 0.477 e. The van der Waals surface area contributed by atoms with E-state index in [4.69, 9.17) is 9.15 Å². The van der Waals surface area contributed by atoms with E-state index in [1.165, 1.54) is 11.3 Å². The van der Waals surface area contributed by atoms with E-state index in [1.807, 2.05) is 36.9 Å². The number of amides is 1. The van der Waals surface area contributed by atoms with Crippen molar-refractivity contribution >= 4 is 34.2 Å². The molecule has 6 nitrogen and oxygen atoms in total. The first-order valence-corrected chi connectivity index (χ1v) is 11.0. The van der Waals surface area contributed by atoms with Gasteiger partial charge in [-0.25, -0.2) is 4.79 Å². The van der Waals surface area contributed by atoms with E-state index in [-0.39, 0.29) is 5.91 Å². The van der Waals surface area contributed by atoms with Crippen molar-refractivity contribution in [1.82, 2.24) is 4.90 Å². The van der Waals surface area contributed by atoms with Gasteiger partial charge in [0, 0.05) is 35.3 Å². The van der Waals surface area contributed by atoms with Crippen LogP contribution in [0.25, 0.3) is 11.0 Å². The molecule has 1 saturated heterocycles. The zero-order chi connectivity index (χ0) is 21.0. The van der Waals surface area contributed by atoms with Crippen LogP contribution in [0.2, 0.25) is 0 Å². The molecule has 0 bridgehead atoms. The molecular formula is C23H23NO5S. The van der Waals surface area contributed by atoms with E-state index in [9.17, 15) is 14.7 Å². The lowest BCUT2D eigenvalue weighted by atomic mass is 9.82. The van der Waals surface area contributed by atoms with Crippen LogP contribution in [0.3, 0.4) is 0 Å². The number of likely N-dealkylation sites (tertiary alicyclic amines) is 1. The molecule has 3 aromatic rings. The molecule has 0 saturated carbocycles. The molecule has 156 valence electrons. The molecule has 1 N–H and O–H groups in total. The van der Waals surface area contributed by atoms with Gasteiger partial charge in [0.1, 0.15) is 10.5 Å². The Morgan fingerprint density at radius 2 is 1.93 bits per heavy atom. The third-order valence-corrected chi connectivity index (χ3v) is 7.55. The van der Waals surface area contributed by atoms with E-state index < -0.39 is 11.6 Å². The third kappa shape index (κ3) is 2.96. The van der Waals surface area contributed by atoms with Crippen molar-refractivity contribution in [3.63, 3.8) is 0 Å². The van der Waals surface area contributed by atoms with Gasteiger partial charge in [-0.05, 0) is 49.9 Å². The molecule has 0 aliphatic carbocycles. The molecule has 30 heavy (non-hydrogen) atoms. The van der Waals surface area contributed by atoms with Crippen molar-refractivity contribution in [1.29, 1.82) is 0 Å². The van der Waals surface area contributed by atoms with Crippen LogP contribution >= 0.6 is 11.3 Å². The number of carboxylic acid groups (broad SMARTS) is 1. The maximum atomic E-state index is 13.2. The number of rotatable bonds is 2. The summed E-state index contributed by atoms with van der Waals surface area (Å²) in [6, 6.07) is 7.75. The summed E-state index contributed by atoms with van der Waals surface area (Å²) < 4.78 is 12.1. The van der Waals surface area contributed by atoms with Gasteiger partial charge in [-0.2, -0.15) is 0 Å². The Morgan fingerprint density at radius 3 is 2.67 bits per heavy atom. The Balaban J connectivity index is 1.39. The minimum absolute atomic E-state index is 0.0937. The SMILES string of the molecule is Cc1ccc2c(C)c(C(=O)N3CCC4(CC3)OCCc3sc(C(=O)O)cc34)oc2c1. The lowest BCUT2D eigenvalue weighted by Gasteiger charge is -2.43. The number of carboxylic acids is 1. The van der Waals surface area contributed by atoms with Crippen LogP contribution in [-0.4, -0.2) is 41.6 Å². The van der Waals surface area contributed by atoms with E-state index in [2.05, 4.69) is 0 Å². The number of thiophene rings is 1. The molecule has 2 aliphatic heterocycles. The van der Waals surface area contributed by atoms with E-state index >= 15 is 0 Å². The Hall–Kier alpha value is -2.64. The van der Waals surface area contributed by atoms with Gasteiger partial charge in [0.15, 0.2) is 5.76 Å². The molecule has 1 amide bonds. The van der Waals surface area contributed by atoms with E-state index in [0.717, 1.165) is 39.0 Å². The lowest BCUT2D eigenvalue weighted by molar-refractivity contribution is -0.0928. The fourth-order valence-corrected chi connectivity index (χ4v) is 5.76. The van der Waals surface area contributed by atoms with Gasteiger partial charge in [-0.15, -0.1) is 11.3 Å². The third-order valence-electron chi connectivity index (χ3n) is 6.36. The first-order valence-electron chi connectivity index (χ1n) is 10.2. The minimum atomic E-state index is -0.896. The summed E-state index contributed by atoms with van der Waals surface area (Å²) in [5, 5.41) is 10.3. The van der Waals surface area contributed by atoms with E-state index in [1.54, 1.807) is 6.07 Å². The predicted molar refractivity (Wildman–Crippen MR) is 113 cm³/mol. The monoisotopic (exact) mass is 425 g/mol. The Morgan fingerprint density at radius 1 is 1.17 bits per heavy atom. The lowest BCUT2D eigenvalue weighted by Crippen LogP contribution is -2.48. The highest BCUT2D eigenvalue weighted by Crippen LogP contribution is 2.45. The molecule has 1 fully saturated rings. The average Bonchev–Trinajstić information content (AvgIpc) is 3.31. The van der Waals surface area contributed by atoms with Gasteiger partial charge in [0.2, 0.25) is 0 Å². The van der Waals surface area contributed by atoms with Gasteiger partial charge in [0.05, 0.1) is 12.2 Å². The maximum absolute atomic E-state index is 13.2. The second-order valence-corrected chi connectivity index (χ2v) is 9.33. The standard InChI is InChI=1S/C23H23NO5S/c1-13-3-4-15-14(2)20(29-17(15)11-13)21(25)24-8-6-23(7-9-24)16-12-19(22(26)27)30-18(16)5-10-28-23/h3-4,11-12H,5-10H2,1-2H3,(H,26,27). The van der Waals surface area contributed by atoms with Crippen molar-refractivity contribution in [3.05, 3.63) is 56.5 Å². The first-order chi connectivity index (χ1) is 14.4. The summed E-state index contributed by atoms with van der Waals surface area (Å²) in [6.45, 7) is 5.61. The highest BCUT2D eigenvalue weighted by atomic mass is 32.1. The molecule has 2 aromatic heterocycles. The van der Waals surface area contributed by atoms with Gasteiger partial charge in [-0.3, -0.25) is 4.79 Å². The maximum Gasteiger partial charge on any atom is 0.345 e. The number of fused-ring (bicyclic) bond motifs is 3. The van der Waals surface area contributed by atoms with Crippen LogP contribution in [0.5, 0.6) is 0 Å². The smallest absolute Gasteiger partial charge is 0.345 e. The molecule has 0 atom stereocenters. The number of nitrogens with zero attached hydrogens (tertiary/aromatic N) is 1. The van der Waals surface area contributed by atoms with Crippen LogP contribution in [0.1, 0.15) is 54.6 Å². The number of furan rings is 1. The van der Waals surface area contributed by atoms with Crippen LogP contribution in [0, 0.1) is 13.8 Å². The number of carbonyl (C=O) groups is 2. The summed E-state index contributed by atoms with van der Waals surface area (Å²) in [7, 11) is 0. The molecule has 4 heterocycles. The number of hydrogen-bond donors (Lipinski definition) is 1. The number of piperidine rings is 1. The summed E-state index contributed by atoms with van der Waals surface area (Å²) >= 11 is 1.35. The second kappa shape index (κ2) is 6.96. The van der Waals surface area contributed by atoms with Crippen molar-refractivity contribution < 1.29 is 23.8 Å². The summed E-state index contributed by atoms with van der Waals surface area (Å²) in [5.41, 5.74) is 3.21. The van der Waals surface area contributed by atoms with Crippen LogP contribution in [0.15, 0.2) is 28.7 Å². The van der Waals surface area contributed by atoms with Gasteiger partial charge in [0.25, 0.3) is 5.91 Å². The summed E-state index contributed by atoms with van der Waals surface area (Å²) in [6.07, 6.45) is 2.05. The highest BCUT2D eigenvalue weighted by Gasteiger charge is 2.43. The molecule has 0 radical (unpaired) electrons. The molecule has 7 heteroatoms. The normalized spacial score (nSPS) is 18.0. The van der Waals surface area contributed by atoms with Crippen molar-refractivity contribution in [2.24, 2.45) is 0 Å². The fourth-order valence-electron chi connectivity index (χ4n) is 4.69. The van der Waals surface area contributed by atoms with Crippen molar-refractivity contribution in [2.45, 2.75) is 38.7 Å². The number of ether oxygens (including phenoxy) is 1. The minimum Gasteiger partial charge on any atom is -0.477 e. The Bertz CT molecular complexity index is 1170. The molecule has 0 unspecified atom stereocenters. The van der Waals surface area contributed by atoms with Gasteiger partial charge < -0.3 is 19.2 Å². The van der Waals surface area contributed by atoms with Gasteiger partial charge in [-0.1, -0.05) is 12.1 Å². The number of carbonyl (C=O) groups excluding carboxylic acids is 1. The Kier molecular flexibility index (Phi) is 4.48. The second-order valence-electron chi connectivity index (χ2n) is 8.19. The molecule has 1 spiro atoms. The topological polar surface area (TPSA) is 80.0 Å². The Labute approximate surface area is 178 Å². The zero-order valence-electron chi connectivity index (χ0n) is 17.0. The molecular weight excluding hydrogens is 402 g/mol. The van der Waals surface area contributed by atoms with Crippen molar-refractivity contribution in [3.8, 4) is 0 Å². The summed E-state index contributed by atoms with van der Waals surface area (Å²) in [5.74, 6) is -0.586. The van der Waals surface area contributed by atoms with E-state index in [0.29, 0.717) is 43.2 Å². The predicted octanol–water partition coefficient (Wildman–Crippen LogP) is 4.51. The molecule has 1 aromatic carbocycles. The summed E-state index contributed by atoms with van der Waals surface area (Å²) in [4.78, 5) is 27.9. The first kappa shape index (κ1) is 19.3. The molecule has 5 rings (SSSR count). The quantitative estimate of drug-likeness (QED) is 0.653. The highest BCUT2D eigenvalue weighted by molar-refractivity contribution is 7.14. The average molecular weight is 426 g/mol. The van der Waals surface area contributed by atoms with Crippen LogP contribution in [0.4, 0.5) is 0 Å². The van der Waals surface area contributed by atoms with Gasteiger partial charge >= 0.3 is 5.97 Å². The number of benzene rings is 1.